The Hall–Kier alpha value is -2.92. The Morgan fingerprint density at radius 3 is 2.56 bits per heavy atom. The molecule has 0 aliphatic rings. The van der Waals surface area contributed by atoms with Crippen molar-refractivity contribution in [3.8, 4) is 16.9 Å². The molecule has 4 aromatic rings. The molecule has 27 heavy (non-hydrogen) atoms. The number of anilines is 2. The first-order valence-corrected chi connectivity index (χ1v) is 9.82. The van der Waals surface area contributed by atoms with Gasteiger partial charge in [0.1, 0.15) is 22.2 Å². The Morgan fingerprint density at radius 2 is 1.81 bits per heavy atom. The van der Waals surface area contributed by atoms with Gasteiger partial charge in [0, 0.05) is 16.6 Å². The molecule has 0 amide bonds. The maximum absolute atomic E-state index is 5.28. The number of fused-ring (bicyclic) bond motifs is 1. The topological polar surface area (TPSA) is 47.0 Å². The molecule has 0 atom stereocenters. The van der Waals surface area contributed by atoms with Crippen LogP contribution in [0.4, 0.5) is 11.5 Å². The van der Waals surface area contributed by atoms with E-state index in [9.17, 15) is 0 Å². The highest BCUT2D eigenvalue weighted by Gasteiger charge is 2.15. The fourth-order valence-electron chi connectivity index (χ4n) is 3.20. The number of methoxy groups -OCH3 is 1. The molecule has 136 valence electrons. The Morgan fingerprint density at radius 1 is 1.04 bits per heavy atom. The Balaban J connectivity index is 1.85. The summed E-state index contributed by atoms with van der Waals surface area (Å²) in [5, 5.41) is 6.76. The largest absolute Gasteiger partial charge is 0.497 e. The molecular weight excluding hydrogens is 354 g/mol. The average molecular weight is 375 g/mol. The first kappa shape index (κ1) is 17.5. The van der Waals surface area contributed by atoms with Gasteiger partial charge in [-0.3, -0.25) is 0 Å². The molecule has 2 aromatic heterocycles. The third-order valence-corrected chi connectivity index (χ3v) is 5.47. The Kier molecular flexibility index (Phi) is 4.77. The number of hydrogen-bond donors (Lipinski definition) is 1. The van der Waals surface area contributed by atoms with Gasteiger partial charge in [-0.05, 0) is 42.7 Å². The van der Waals surface area contributed by atoms with Gasteiger partial charge in [-0.15, -0.1) is 11.3 Å². The summed E-state index contributed by atoms with van der Waals surface area (Å²) in [6.45, 7) is 4.10. The first-order chi connectivity index (χ1) is 13.2. The third-order valence-electron chi connectivity index (χ3n) is 4.60. The van der Waals surface area contributed by atoms with Gasteiger partial charge in [-0.2, -0.15) is 0 Å². The maximum Gasteiger partial charge on any atom is 0.143 e. The quantitative estimate of drug-likeness (QED) is 0.466. The van der Waals surface area contributed by atoms with Gasteiger partial charge < -0.3 is 10.1 Å². The average Bonchev–Trinajstić information content (AvgIpc) is 3.12. The second-order valence-corrected chi connectivity index (χ2v) is 7.17. The number of aromatic nitrogens is 2. The van der Waals surface area contributed by atoms with Crippen LogP contribution in [0.3, 0.4) is 0 Å². The van der Waals surface area contributed by atoms with E-state index in [2.05, 4.69) is 52.9 Å². The van der Waals surface area contributed by atoms with Gasteiger partial charge >= 0.3 is 0 Å². The minimum Gasteiger partial charge on any atom is -0.497 e. The number of nitrogens with zero attached hydrogens (tertiary/aromatic N) is 2. The van der Waals surface area contributed by atoms with Crippen molar-refractivity contribution in [3.05, 3.63) is 65.3 Å². The molecule has 5 heteroatoms. The number of para-hydroxylation sites is 1. The van der Waals surface area contributed by atoms with Crippen molar-refractivity contribution in [1.29, 1.82) is 0 Å². The zero-order valence-corrected chi connectivity index (χ0v) is 16.4. The van der Waals surface area contributed by atoms with Crippen LogP contribution in [-0.4, -0.2) is 17.1 Å². The van der Waals surface area contributed by atoms with Crippen molar-refractivity contribution in [3.63, 3.8) is 0 Å². The summed E-state index contributed by atoms with van der Waals surface area (Å²) in [5.41, 5.74) is 4.62. The van der Waals surface area contributed by atoms with Crippen molar-refractivity contribution in [2.24, 2.45) is 0 Å². The lowest BCUT2D eigenvalue weighted by atomic mass is 10.1. The van der Waals surface area contributed by atoms with E-state index in [0.717, 1.165) is 50.8 Å². The zero-order valence-electron chi connectivity index (χ0n) is 15.6. The monoisotopic (exact) mass is 375 g/mol. The molecular formula is C22H21N3OS. The van der Waals surface area contributed by atoms with Gasteiger partial charge in [0.15, 0.2) is 0 Å². The molecule has 0 spiro atoms. The van der Waals surface area contributed by atoms with E-state index in [0.29, 0.717) is 0 Å². The predicted molar refractivity (Wildman–Crippen MR) is 113 cm³/mol. The number of thiophene rings is 1. The molecule has 0 aliphatic heterocycles. The Labute approximate surface area is 162 Å². The number of hydrogen-bond acceptors (Lipinski definition) is 5. The van der Waals surface area contributed by atoms with Crippen LogP contribution in [0.2, 0.25) is 0 Å². The van der Waals surface area contributed by atoms with E-state index in [-0.39, 0.29) is 0 Å². The fourth-order valence-corrected chi connectivity index (χ4v) is 4.19. The smallest absolute Gasteiger partial charge is 0.143 e. The van der Waals surface area contributed by atoms with Crippen LogP contribution in [0.15, 0.2) is 53.9 Å². The highest BCUT2D eigenvalue weighted by Crippen LogP contribution is 2.38. The minimum absolute atomic E-state index is 0.766. The summed E-state index contributed by atoms with van der Waals surface area (Å²) in [6, 6.07) is 16.5. The third kappa shape index (κ3) is 3.38. The van der Waals surface area contributed by atoms with E-state index in [1.165, 1.54) is 5.56 Å². The van der Waals surface area contributed by atoms with Crippen LogP contribution >= 0.6 is 11.3 Å². The molecule has 0 unspecified atom stereocenters. The van der Waals surface area contributed by atoms with Crippen molar-refractivity contribution in [2.75, 3.05) is 12.4 Å². The van der Waals surface area contributed by atoms with Crippen molar-refractivity contribution < 1.29 is 4.74 Å². The van der Waals surface area contributed by atoms with Crippen molar-refractivity contribution >= 4 is 33.1 Å². The molecule has 2 aromatic carbocycles. The van der Waals surface area contributed by atoms with Crippen LogP contribution in [0.5, 0.6) is 5.75 Å². The van der Waals surface area contributed by atoms with E-state index < -0.39 is 0 Å². The fraction of sp³-hybridized carbons (Fsp3) is 0.182. The second kappa shape index (κ2) is 7.37. The number of nitrogens with one attached hydrogen (secondary N) is 1. The SMILES string of the molecule is CCc1ccccc1Nc1nc(C)nc2scc(-c3ccc(OC)cc3)c12. The molecule has 0 saturated carbocycles. The Bertz CT molecular complexity index is 1090. The van der Waals surface area contributed by atoms with E-state index in [4.69, 9.17) is 9.72 Å². The molecule has 0 bridgehead atoms. The lowest BCUT2D eigenvalue weighted by Crippen LogP contribution is -2.00. The number of ether oxygens (including phenoxy) is 1. The van der Waals surface area contributed by atoms with Crippen LogP contribution < -0.4 is 10.1 Å². The standard InChI is InChI=1S/C22H21N3OS/c1-4-15-7-5-6-8-19(15)25-21-20-18(13-27-22(20)24-14(2)23-21)16-9-11-17(26-3)12-10-16/h5-13H,4H2,1-3H3,(H,23,24,25). The molecule has 0 fully saturated rings. The molecule has 4 rings (SSSR count). The number of rotatable bonds is 5. The second-order valence-electron chi connectivity index (χ2n) is 6.31. The molecule has 4 nitrogen and oxygen atoms in total. The van der Waals surface area contributed by atoms with E-state index in [1.807, 2.05) is 25.1 Å². The van der Waals surface area contributed by atoms with Gasteiger partial charge in [-0.25, -0.2) is 9.97 Å². The summed E-state index contributed by atoms with van der Waals surface area (Å²) < 4.78 is 5.28. The zero-order chi connectivity index (χ0) is 18.8. The lowest BCUT2D eigenvalue weighted by molar-refractivity contribution is 0.415. The van der Waals surface area contributed by atoms with E-state index in [1.54, 1.807) is 18.4 Å². The predicted octanol–water partition coefficient (Wildman–Crippen LogP) is 5.98. The summed E-state index contributed by atoms with van der Waals surface area (Å²) in [7, 11) is 1.68. The first-order valence-electron chi connectivity index (χ1n) is 8.94. The lowest BCUT2D eigenvalue weighted by Gasteiger charge is -2.13. The molecule has 1 N–H and O–H groups in total. The van der Waals surface area contributed by atoms with Crippen LogP contribution in [0, 0.1) is 6.92 Å². The summed E-state index contributed by atoms with van der Waals surface area (Å²) in [6.07, 6.45) is 0.964. The van der Waals surface area contributed by atoms with Gasteiger partial charge in [-0.1, -0.05) is 37.3 Å². The maximum atomic E-state index is 5.28. The van der Waals surface area contributed by atoms with Crippen LogP contribution in [0.1, 0.15) is 18.3 Å². The van der Waals surface area contributed by atoms with E-state index >= 15 is 0 Å². The van der Waals surface area contributed by atoms with Gasteiger partial charge in [0.2, 0.25) is 0 Å². The number of aryl methyl sites for hydroxylation is 2. The normalized spacial score (nSPS) is 10.9. The molecule has 0 saturated heterocycles. The highest BCUT2D eigenvalue weighted by molar-refractivity contribution is 7.17. The van der Waals surface area contributed by atoms with Crippen LogP contribution in [0.25, 0.3) is 21.3 Å². The molecule has 0 radical (unpaired) electrons. The summed E-state index contributed by atoms with van der Waals surface area (Å²) >= 11 is 1.65. The van der Waals surface area contributed by atoms with Crippen LogP contribution in [-0.2, 0) is 6.42 Å². The van der Waals surface area contributed by atoms with Crippen molar-refractivity contribution in [2.45, 2.75) is 20.3 Å². The molecule has 2 heterocycles. The molecule has 0 aliphatic carbocycles. The van der Waals surface area contributed by atoms with Gasteiger partial charge in [0.05, 0.1) is 12.5 Å². The number of benzene rings is 2. The highest BCUT2D eigenvalue weighted by atomic mass is 32.1. The van der Waals surface area contributed by atoms with Crippen molar-refractivity contribution in [1.82, 2.24) is 9.97 Å². The minimum atomic E-state index is 0.766. The summed E-state index contributed by atoms with van der Waals surface area (Å²) in [5.74, 6) is 2.47. The van der Waals surface area contributed by atoms with Gasteiger partial charge in [0.25, 0.3) is 0 Å². The summed E-state index contributed by atoms with van der Waals surface area (Å²) in [4.78, 5) is 10.4.